The Balaban J connectivity index is 2.96. The Morgan fingerprint density at radius 1 is 1.19 bits per heavy atom. The summed E-state index contributed by atoms with van der Waals surface area (Å²) in [4.78, 5) is 23.3. The summed E-state index contributed by atoms with van der Waals surface area (Å²) in [5.74, 6) is -4.00. The number of esters is 1. The third-order valence-electron chi connectivity index (χ3n) is 2.91. The predicted octanol–water partition coefficient (Wildman–Crippen LogP) is 4.40. The molecule has 0 bridgehead atoms. The lowest BCUT2D eigenvalue weighted by molar-refractivity contribution is -0.189. The molecule has 0 spiro atoms. The molecule has 0 aliphatic rings. The summed E-state index contributed by atoms with van der Waals surface area (Å²) < 4.78 is 44.6. The fraction of sp³-hybridized carbons (Fsp3) is 0.467. The fourth-order valence-electron chi connectivity index (χ4n) is 1.66. The van der Waals surface area contributed by atoms with E-state index in [1.807, 2.05) is 6.92 Å². The van der Waals surface area contributed by atoms with Crippen molar-refractivity contribution >= 4 is 46.7 Å². The summed E-state index contributed by atoms with van der Waals surface area (Å²) in [6.45, 7) is 2.08. The van der Waals surface area contributed by atoms with Gasteiger partial charge in [-0.15, -0.1) is 0 Å². The van der Waals surface area contributed by atoms with Gasteiger partial charge in [-0.2, -0.15) is 13.2 Å². The van der Waals surface area contributed by atoms with E-state index in [2.05, 4.69) is 10.1 Å². The molecule has 0 saturated carbocycles. The second-order valence-corrected chi connectivity index (χ2v) is 7.37. The molecule has 0 radical (unpaired) electrons. The zero-order chi connectivity index (χ0) is 20.0. The highest BCUT2D eigenvalue weighted by Crippen LogP contribution is 2.32. The molecular weight excluding hydrogens is 422 g/mol. The number of unbranched alkanes of at least 4 members (excludes halogenated alkanes) is 1. The number of para-hydroxylation sites is 1. The van der Waals surface area contributed by atoms with Gasteiger partial charge in [0.25, 0.3) is 5.91 Å². The molecule has 11 heteroatoms. The van der Waals surface area contributed by atoms with E-state index < -0.39 is 33.8 Å². The zero-order valence-corrected chi connectivity index (χ0v) is 15.7. The largest absolute Gasteiger partial charge is 0.491 e. The van der Waals surface area contributed by atoms with E-state index in [9.17, 15) is 22.8 Å². The Hall–Kier alpha value is -1.22. The van der Waals surface area contributed by atoms with Crippen LogP contribution in [-0.4, -0.2) is 34.7 Å². The van der Waals surface area contributed by atoms with Crippen molar-refractivity contribution in [3.05, 3.63) is 29.8 Å². The molecule has 0 aliphatic heterocycles. The SMILES string of the molecule is CCCCOC(NC(=O)c1ccccc1OC(=O)C(F)(F)F)C(Cl)(Cl)Cl. The average Bonchev–Trinajstić information content (AvgIpc) is 2.52. The smallest absolute Gasteiger partial charge is 0.419 e. The molecule has 1 amide bonds. The second kappa shape index (κ2) is 9.64. The van der Waals surface area contributed by atoms with E-state index in [4.69, 9.17) is 39.5 Å². The van der Waals surface area contributed by atoms with E-state index in [1.165, 1.54) is 12.1 Å². The van der Waals surface area contributed by atoms with E-state index in [-0.39, 0.29) is 12.2 Å². The standard InChI is InChI=1S/C15H15Cl3F3NO4/c1-2-3-8-25-12(14(16,17)18)22-11(23)9-6-4-5-7-10(9)26-13(24)15(19,20)21/h4-7,12H,2-3,8H2,1H3,(H,22,23). The van der Waals surface area contributed by atoms with Crippen molar-refractivity contribution in [1.29, 1.82) is 0 Å². The van der Waals surface area contributed by atoms with Gasteiger partial charge in [0.05, 0.1) is 5.56 Å². The summed E-state index contributed by atoms with van der Waals surface area (Å²) in [6.07, 6.45) is -5.16. The first-order valence-corrected chi connectivity index (χ1v) is 8.47. The molecule has 26 heavy (non-hydrogen) atoms. The van der Waals surface area contributed by atoms with Crippen LogP contribution in [0.3, 0.4) is 0 Å². The number of halogens is 6. The number of alkyl halides is 6. The number of benzene rings is 1. The van der Waals surface area contributed by atoms with Gasteiger partial charge in [-0.3, -0.25) is 4.79 Å². The lowest BCUT2D eigenvalue weighted by Crippen LogP contribution is -2.46. The molecule has 1 rings (SSSR count). The highest BCUT2D eigenvalue weighted by molar-refractivity contribution is 6.68. The maximum Gasteiger partial charge on any atom is 0.491 e. The average molecular weight is 437 g/mol. The van der Waals surface area contributed by atoms with Crippen molar-refractivity contribution < 1.29 is 32.2 Å². The number of rotatable bonds is 7. The van der Waals surface area contributed by atoms with Crippen molar-refractivity contribution in [2.45, 2.75) is 36.0 Å². The lowest BCUT2D eigenvalue weighted by atomic mass is 10.2. The Morgan fingerprint density at radius 3 is 2.35 bits per heavy atom. The van der Waals surface area contributed by atoms with Gasteiger partial charge < -0.3 is 14.8 Å². The highest BCUT2D eigenvalue weighted by Gasteiger charge is 2.42. The fourth-order valence-corrected chi connectivity index (χ4v) is 2.01. The number of amides is 1. The number of hydrogen-bond acceptors (Lipinski definition) is 4. The van der Waals surface area contributed by atoms with Gasteiger partial charge in [0.1, 0.15) is 5.75 Å². The van der Waals surface area contributed by atoms with Crippen molar-refractivity contribution in [2.75, 3.05) is 6.61 Å². The first-order valence-electron chi connectivity index (χ1n) is 7.34. The van der Waals surface area contributed by atoms with Crippen LogP contribution in [0, 0.1) is 0 Å². The topological polar surface area (TPSA) is 64.6 Å². The molecule has 0 saturated heterocycles. The molecule has 146 valence electrons. The van der Waals surface area contributed by atoms with Crippen LogP contribution in [0.1, 0.15) is 30.1 Å². The van der Waals surface area contributed by atoms with Crippen molar-refractivity contribution in [1.82, 2.24) is 5.32 Å². The summed E-state index contributed by atoms with van der Waals surface area (Å²) in [5, 5.41) is 2.26. The first-order chi connectivity index (χ1) is 12.0. The van der Waals surface area contributed by atoms with Crippen molar-refractivity contribution in [3.8, 4) is 5.75 Å². The minimum absolute atomic E-state index is 0.181. The van der Waals surface area contributed by atoms with E-state index in [0.717, 1.165) is 18.6 Å². The summed E-state index contributed by atoms with van der Waals surface area (Å²) in [7, 11) is 0. The molecule has 1 N–H and O–H groups in total. The maximum atomic E-state index is 12.4. The van der Waals surface area contributed by atoms with Crippen LogP contribution in [0.15, 0.2) is 24.3 Å². The van der Waals surface area contributed by atoms with Gasteiger partial charge >= 0.3 is 12.1 Å². The van der Waals surface area contributed by atoms with E-state index in [0.29, 0.717) is 6.42 Å². The number of carbonyl (C=O) groups is 2. The monoisotopic (exact) mass is 435 g/mol. The minimum Gasteiger partial charge on any atom is -0.419 e. The van der Waals surface area contributed by atoms with E-state index >= 15 is 0 Å². The van der Waals surface area contributed by atoms with Crippen LogP contribution in [0.25, 0.3) is 0 Å². The molecule has 1 atom stereocenters. The van der Waals surface area contributed by atoms with Gasteiger partial charge in [0.2, 0.25) is 3.79 Å². The lowest BCUT2D eigenvalue weighted by Gasteiger charge is -2.26. The molecule has 0 heterocycles. The zero-order valence-electron chi connectivity index (χ0n) is 13.4. The normalized spacial score (nSPS) is 13.2. The van der Waals surface area contributed by atoms with Crippen molar-refractivity contribution in [3.63, 3.8) is 0 Å². The van der Waals surface area contributed by atoms with Crippen LogP contribution in [-0.2, 0) is 9.53 Å². The first kappa shape index (κ1) is 22.8. The molecule has 0 aromatic heterocycles. The molecule has 5 nitrogen and oxygen atoms in total. The Morgan fingerprint density at radius 2 is 1.81 bits per heavy atom. The molecule has 0 fully saturated rings. The number of ether oxygens (including phenoxy) is 2. The molecule has 1 unspecified atom stereocenters. The van der Waals surface area contributed by atoms with E-state index in [1.54, 1.807) is 0 Å². The maximum absolute atomic E-state index is 12.4. The third kappa shape index (κ3) is 7.19. The predicted molar refractivity (Wildman–Crippen MR) is 90.5 cm³/mol. The van der Waals surface area contributed by atoms with Crippen LogP contribution in [0.4, 0.5) is 13.2 Å². The Kier molecular flexibility index (Phi) is 8.46. The summed E-state index contributed by atoms with van der Waals surface area (Å²) >= 11 is 17.3. The summed E-state index contributed by atoms with van der Waals surface area (Å²) in [6, 6.07) is 4.83. The second-order valence-electron chi connectivity index (χ2n) is 5.00. The Bertz CT molecular complexity index is 635. The van der Waals surface area contributed by atoms with Gasteiger partial charge in [-0.05, 0) is 18.6 Å². The van der Waals surface area contributed by atoms with Gasteiger partial charge in [-0.25, -0.2) is 4.79 Å². The number of hydrogen-bond donors (Lipinski definition) is 1. The molecule has 0 aliphatic carbocycles. The molecular formula is C15H15Cl3F3NO4. The van der Waals surface area contributed by atoms with Crippen LogP contribution in [0.2, 0.25) is 0 Å². The molecule has 1 aromatic carbocycles. The third-order valence-corrected chi connectivity index (χ3v) is 3.50. The Labute approximate surface area is 162 Å². The minimum atomic E-state index is -5.22. The van der Waals surface area contributed by atoms with Crippen LogP contribution >= 0.6 is 34.8 Å². The van der Waals surface area contributed by atoms with Crippen LogP contribution < -0.4 is 10.1 Å². The quantitative estimate of drug-likeness (QED) is 0.226. The number of carbonyl (C=O) groups excluding carboxylic acids is 2. The summed E-state index contributed by atoms with van der Waals surface area (Å²) in [5.41, 5.74) is -0.358. The van der Waals surface area contributed by atoms with Gasteiger partial charge in [0, 0.05) is 6.61 Å². The van der Waals surface area contributed by atoms with Gasteiger partial charge in [-0.1, -0.05) is 60.3 Å². The highest BCUT2D eigenvalue weighted by atomic mass is 35.6. The van der Waals surface area contributed by atoms with Crippen molar-refractivity contribution in [2.24, 2.45) is 0 Å². The van der Waals surface area contributed by atoms with Crippen LogP contribution in [0.5, 0.6) is 5.75 Å². The number of nitrogens with one attached hydrogen (secondary N) is 1. The molecule has 1 aromatic rings. The van der Waals surface area contributed by atoms with Gasteiger partial charge in [0.15, 0.2) is 6.23 Å².